The molecular formula is C8H14N2O2. The van der Waals surface area contributed by atoms with Gasteiger partial charge in [-0.25, -0.2) is 4.79 Å². The van der Waals surface area contributed by atoms with Crippen LogP contribution in [0, 0.1) is 0 Å². The van der Waals surface area contributed by atoms with Crippen LogP contribution in [0.1, 0.15) is 19.8 Å². The molecule has 68 valence electrons. The largest absolute Gasteiger partial charge is 0.465 e. The first-order valence-electron chi connectivity index (χ1n) is 3.96. The summed E-state index contributed by atoms with van der Waals surface area (Å²) in [6.07, 6.45) is 0.351. The van der Waals surface area contributed by atoms with Gasteiger partial charge in [-0.15, -0.1) is 0 Å². The predicted molar refractivity (Wildman–Crippen MR) is 45.7 cm³/mol. The Morgan fingerprint density at radius 2 is 2.25 bits per heavy atom. The van der Waals surface area contributed by atoms with E-state index in [-0.39, 0.29) is 6.04 Å². The van der Waals surface area contributed by atoms with Crippen molar-refractivity contribution in [1.82, 2.24) is 4.90 Å². The molecule has 1 amide bonds. The van der Waals surface area contributed by atoms with E-state index in [1.165, 1.54) is 4.90 Å². The molecule has 0 saturated heterocycles. The van der Waals surface area contributed by atoms with Crippen LogP contribution in [0.5, 0.6) is 0 Å². The molecule has 0 aromatic heterocycles. The highest BCUT2D eigenvalue weighted by molar-refractivity contribution is 5.66. The van der Waals surface area contributed by atoms with E-state index in [2.05, 4.69) is 6.58 Å². The average Bonchev–Trinajstić information content (AvgIpc) is 2.70. The van der Waals surface area contributed by atoms with Crippen molar-refractivity contribution in [3.05, 3.63) is 12.2 Å². The Kier molecular flexibility index (Phi) is 2.38. The number of nitrogens with zero attached hydrogens (tertiary/aromatic N) is 1. The van der Waals surface area contributed by atoms with E-state index in [4.69, 9.17) is 10.8 Å². The fourth-order valence-electron chi connectivity index (χ4n) is 1.09. The van der Waals surface area contributed by atoms with Gasteiger partial charge in [-0.3, -0.25) is 4.90 Å². The maximum Gasteiger partial charge on any atom is 0.409 e. The second kappa shape index (κ2) is 3.15. The van der Waals surface area contributed by atoms with E-state index < -0.39 is 12.3 Å². The standard InChI is InChI=1S/C8H14N2O2/c1-5(2)7(9)10(8(11)12)6-3-4-6/h6-7H,1,3-4,9H2,2H3,(H,11,12). The average molecular weight is 170 g/mol. The number of amides is 1. The summed E-state index contributed by atoms with van der Waals surface area (Å²) in [6, 6.07) is 0.120. The van der Waals surface area contributed by atoms with E-state index in [0.717, 1.165) is 12.8 Å². The summed E-state index contributed by atoms with van der Waals surface area (Å²) in [5.41, 5.74) is 6.33. The molecule has 1 fully saturated rings. The molecule has 3 N–H and O–H groups in total. The minimum absolute atomic E-state index is 0.120. The molecule has 0 heterocycles. The van der Waals surface area contributed by atoms with Crippen LogP contribution in [-0.4, -0.2) is 28.3 Å². The first-order valence-corrected chi connectivity index (χ1v) is 3.96. The number of carbonyl (C=O) groups is 1. The Hall–Kier alpha value is -1.03. The summed E-state index contributed by atoms with van der Waals surface area (Å²) >= 11 is 0. The maximum atomic E-state index is 10.7. The fourth-order valence-corrected chi connectivity index (χ4v) is 1.09. The van der Waals surface area contributed by atoms with E-state index in [0.29, 0.717) is 5.57 Å². The number of carboxylic acid groups (broad SMARTS) is 1. The minimum Gasteiger partial charge on any atom is -0.465 e. The van der Waals surface area contributed by atoms with Gasteiger partial charge in [0.05, 0.1) is 0 Å². The summed E-state index contributed by atoms with van der Waals surface area (Å²) in [4.78, 5) is 12.0. The summed E-state index contributed by atoms with van der Waals surface area (Å²) in [7, 11) is 0. The van der Waals surface area contributed by atoms with Gasteiger partial charge in [0.25, 0.3) is 0 Å². The molecule has 0 bridgehead atoms. The Labute approximate surface area is 71.7 Å². The zero-order valence-electron chi connectivity index (χ0n) is 7.16. The molecule has 4 heteroatoms. The number of rotatable bonds is 3. The Morgan fingerprint density at radius 1 is 1.75 bits per heavy atom. The second-order valence-corrected chi connectivity index (χ2v) is 3.21. The van der Waals surface area contributed by atoms with E-state index in [1.807, 2.05) is 0 Å². The molecule has 1 atom stereocenters. The van der Waals surface area contributed by atoms with Gasteiger partial charge in [0.2, 0.25) is 0 Å². The fraction of sp³-hybridized carbons (Fsp3) is 0.625. The lowest BCUT2D eigenvalue weighted by Crippen LogP contribution is -2.47. The van der Waals surface area contributed by atoms with E-state index in [9.17, 15) is 4.79 Å². The SMILES string of the molecule is C=C(C)C(N)N(C(=O)O)C1CC1. The third-order valence-corrected chi connectivity index (χ3v) is 1.97. The molecular weight excluding hydrogens is 156 g/mol. The molecule has 0 aromatic rings. The molecule has 4 nitrogen and oxygen atoms in total. The summed E-state index contributed by atoms with van der Waals surface area (Å²) < 4.78 is 0. The Bertz CT molecular complexity index is 211. The summed E-state index contributed by atoms with van der Waals surface area (Å²) in [5.74, 6) is 0. The zero-order valence-corrected chi connectivity index (χ0v) is 7.16. The van der Waals surface area contributed by atoms with Crippen molar-refractivity contribution < 1.29 is 9.90 Å². The molecule has 1 aliphatic carbocycles. The van der Waals surface area contributed by atoms with Gasteiger partial charge in [0, 0.05) is 6.04 Å². The molecule has 12 heavy (non-hydrogen) atoms. The van der Waals surface area contributed by atoms with Gasteiger partial charge in [-0.05, 0) is 25.3 Å². The summed E-state index contributed by atoms with van der Waals surface area (Å²) in [5, 5.41) is 8.81. The number of hydrogen-bond donors (Lipinski definition) is 2. The van der Waals surface area contributed by atoms with E-state index >= 15 is 0 Å². The lowest BCUT2D eigenvalue weighted by Gasteiger charge is -2.26. The second-order valence-electron chi connectivity index (χ2n) is 3.21. The molecule has 1 aliphatic rings. The van der Waals surface area contributed by atoms with E-state index in [1.54, 1.807) is 6.92 Å². The lowest BCUT2D eigenvalue weighted by molar-refractivity contribution is 0.129. The topological polar surface area (TPSA) is 66.6 Å². The van der Waals surface area contributed by atoms with Crippen molar-refractivity contribution in [3.63, 3.8) is 0 Å². The van der Waals surface area contributed by atoms with Crippen molar-refractivity contribution in [2.24, 2.45) is 5.73 Å². The van der Waals surface area contributed by atoms with Crippen molar-refractivity contribution in [1.29, 1.82) is 0 Å². The van der Waals surface area contributed by atoms with Crippen LogP contribution >= 0.6 is 0 Å². The molecule has 0 aliphatic heterocycles. The molecule has 0 aromatic carbocycles. The van der Waals surface area contributed by atoms with Gasteiger partial charge in [0.1, 0.15) is 6.17 Å². The minimum atomic E-state index is -0.951. The van der Waals surface area contributed by atoms with Gasteiger partial charge in [0.15, 0.2) is 0 Å². The molecule has 1 rings (SSSR count). The quantitative estimate of drug-likeness (QED) is 0.490. The normalized spacial score (nSPS) is 18.5. The third-order valence-electron chi connectivity index (χ3n) is 1.97. The van der Waals surface area contributed by atoms with Crippen LogP contribution in [0.4, 0.5) is 4.79 Å². The van der Waals surface area contributed by atoms with Crippen LogP contribution in [0.3, 0.4) is 0 Å². The van der Waals surface area contributed by atoms with Crippen LogP contribution in [0.25, 0.3) is 0 Å². The van der Waals surface area contributed by atoms with Gasteiger partial charge in [-0.2, -0.15) is 0 Å². The third kappa shape index (κ3) is 1.76. The molecule has 0 radical (unpaired) electrons. The van der Waals surface area contributed by atoms with Crippen molar-refractivity contribution in [3.8, 4) is 0 Å². The monoisotopic (exact) mass is 170 g/mol. The summed E-state index contributed by atoms with van der Waals surface area (Å²) in [6.45, 7) is 5.38. The van der Waals surface area contributed by atoms with Gasteiger partial charge < -0.3 is 10.8 Å². The first kappa shape index (κ1) is 9.06. The van der Waals surface area contributed by atoms with Crippen molar-refractivity contribution >= 4 is 6.09 Å². The molecule has 0 spiro atoms. The maximum absolute atomic E-state index is 10.7. The predicted octanol–water partition coefficient (Wildman–Crippen LogP) is 0.990. The number of hydrogen-bond acceptors (Lipinski definition) is 2. The number of nitrogens with two attached hydrogens (primary N) is 1. The van der Waals surface area contributed by atoms with Crippen LogP contribution in [-0.2, 0) is 0 Å². The highest BCUT2D eigenvalue weighted by Crippen LogP contribution is 2.28. The van der Waals surface area contributed by atoms with Crippen molar-refractivity contribution in [2.45, 2.75) is 32.0 Å². The Balaban J connectivity index is 2.64. The highest BCUT2D eigenvalue weighted by Gasteiger charge is 2.36. The highest BCUT2D eigenvalue weighted by atomic mass is 16.4. The van der Waals surface area contributed by atoms with Crippen molar-refractivity contribution in [2.75, 3.05) is 0 Å². The van der Waals surface area contributed by atoms with Gasteiger partial charge in [-0.1, -0.05) is 6.58 Å². The lowest BCUT2D eigenvalue weighted by atomic mass is 10.2. The molecule has 1 saturated carbocycles. The van der Waals surface area contributed by atoms with Crippen LogP contribution in [0.15, 0.2) is 12.2 Å². The Morgan fingerprint density at radius 3 is 2.50 bits per heavy atom. The van der Waals surface area contributed by atoms with Crippen LogP contribution < -0.4 is 5.73 Å². The smallest absolute Gasteiger partial charge is 0.409 e. The first-order chi connectivity index (χ1) is 5.54. The zero-order chi connectivity index (χ0) is 9.30. The van der Waals surface area contributed by atoms with Gasteiger partial charge >= 0.3 is 6.09 Å². The molecule has 1 unspecified atom stereocenters. The van der Waals surface area contributed by atoms with Crippen LogP contribution in [0.2, 0.25) is 0 Å².